The van der Waals surface area contributed by atoms with Gasteiger partial charge in [-0.1, -0.05) is 29.8 Å². The molecule has 2 N–H and O–H groups in total. The summed E-state index contributed by atoms with van der Waals surface area (Å²) in [4.78, 5) is 15.1. The number of H-pyrrole nitrogens is 1. The van der Waals surface area contributed by atoms with E-state index in [1.165, 1.54) is 5.56 Å². The van der Waals surface area contributed by atoms with Gasteiger partial charge in [0.15, 0.2) is 0 Å². The first kappa shape index (κ1) is 13.4. The molecule has 0 atom stereocenters. The highest BCUT2D eigenvalue weighted by atomic mass is 16.1. The zero-order chi connectivity index (χ0) is 13.8. The van der Waals surface area contributed by atoms with Crippen molar-refractivity contribution in [1.29, 1.82) is 0 Å². The van der Waals surface area contributed by atoms with E-state index < -0.39 is 0 Å². The van der Waals surface area contributed by atoms with Crippen LogP contribution in [-0.2, 0) is 17.8 Å². The van der Waals surface area contributed by atoms with E-state index in [-0.39, 0.29) is 5.91 Å². The summed E-state index contributed by atoms with van der Waals surface area (Å²) in [5.41, 5.74) is 5.65. The fraction of sp³-hybridized carbons (Fsp3) is 0.312. The lowest BCUT2D eigenvalue weighted by atomic mass is 10.1. The van der Waals surface area contributed by atoms with Gasteiger partial charge in [0.05, 0.1) is 6.42 Å². The van der Waals surface area contributed by atoms with Crippen molar-refractivity contribution in [1.82, 2.24) is 10.3 Å². The lowest BCUT2D eigenvalue weighted by molar-refractivity contribution is -0.120. The third-order valence-corrected chi connectivity index (χ3v) is 3.22. The second-order valence-electron chi connectivity index (χ2n) is 5.04. The molecule has 0 aliphatic carbocycles. The van der Waals surface area contributed by atoms with Crippen molar-refractivity contribution in [3.63, 3.8) is 0 Å². The predicted octanol–water partition coefficient (Wildman–Crippen LogP) is 2.80. The van der Waals surface area contributed by atoms with E-state index in [9.17, 15) is 4.79 Å². The minimum Gasteiger partial charge on any atom is -0.362 e. The number of aromatic nitrogens is 1. The Morgan fingerprint density at radius 1 is 1.16 bits per heavy atom. The molecule has 0 saturated heterocycles. The van der Waals surface area contributed by atoms with Gasteiger partial charge in [0.25, 0.3) is 0 Å². The largest absolute Gasteiger partial charge is 0.362 e. The Labute approximate surface area is 114 Å². The van der Waals surface area contributed by atoms with Crippen LogP contribution in [0.1, 0.15) is 28.1 Å². The summed E-state index contributed by atoms with van der Waals surface area (Å²) in [6.45, 7) is 6.67. The summed E-state index contributed by atoms with van der Waals surface area (Å²) in [7, 11) is 0. The van der Waals surface area contributed by atoms with Gasteiger partial charge in [-0.2, -0.15) is 0 Å². The summed E-state index contributed by atoms with van der Waals surface area (Å²) in [6.07, 6.45) is 0.433. The number of hydrogen-bond acceptors (Lipinski definition) is 1. The van der Waals surface area contributed by atoms with Gasteiger partial charge in [0, 0.05) is 17.9 Å². The van der Waals surface area contributed by atoms with E-state index in [4.69, 9.17) is 0 Å². The van der Waals surface area contributed by atoms with Crippen LogP contribution in [0.25, 0.3) is 0 Å². The van der Waals surface area contributed by atoms with Gasteiger partial charge in [-0.15, -0.1) is 0 Å². The van der Waals surface area contributed by atoms with Crippen LogP contribution in [0.5, 0.6) is 0 Å². The second kappa shape index (κ2) is 5.74. The van der Waals surface area contributed by atoms with Crippen molar-refractivity contribution < 1.29 is 4.79 Å². The number of benzene rings is 1. The highest BCUT2D eigenvalue weighted by Gasteiger charge is 2.06. The fourth-order valence-electron chi connectivity index (χ4n) is 2.11. The number of hydrogen-bond donors (Lipinski definition) is 2. The normalized spacial score (nSPS) is 10.5. The molecule has 2 aromatic rings. The van der Waals surface area contributed by atoms with E-state index in [0.717, 1.165) is 22.5 Å². The first-order valence-electron chi connectivity index (χ1n) is 6.52. The standard InChI is InChI=1S/C16H20N2O/c1-11-4-6-14(7-5-11)9-16(19)17-10-15-8-12(2)18-13(15)3/h4-8,18H,9-10H2,1-3H3,(H,17,19). The summed E-state index contributed by atoms with van der Waals surface area (Å²) in [5, 5.41) is 2.96. The zero-order valence-electron chi connectivity index (χ0n) is 11.7. The molecule has 0 aliphatic heterocycles. The van der Waals surface area contributed by atoms with Crippen molar-refractivity contribution >= 4 is 5.91 Å². The van der Waals surface area contributed by atoms with Crippen LogP contribution in [0, 0.1) is 20.8 Å². The monoisotopic (exact) mass is 256 g/mol. The topological polar surface area (TPSA) is 44.9 Å². The molecular formula is C16H20N2O. The summed E-state index contributed by atoms with van der Waals surface area (Å²) in [5.74, 6) is 0.0575. The first-order chi connectivity index (χ1) is 9.04. The Balaban J connectivity index is 1.88. The lowest BCUT2D eigenvalue weighted by Gasteiger charge is -2.05. The second-order valence-corrected chi connectivity index (χ2v) is 5.04. The van der Waals surface area contributed by atoms with Gasteiger partial charge in [-0.3, -0.25) is 4.79 Å². The number of carbonyl (C=O) groups is 1. The van der Waals surface area contributed by atoms with Crippen molar-refractivity contribution in [2.24, 2.45) is 0 Å². The minimum atomic E-state index is 0.0575. The van der Waals surface area contributed by atoms with Gasteiger partial charge in [-0.25, -0.2) is 0 Å². The van der Waals surface area contributed by atoms with Crippen molar-refractivity contribution in [3.05, 3.63) is 58.4 Å². The molecule has 3 nitrogen and oxygen atoms in total. The van der Waals surface area contributed by atoms with E-state index in [1.807, 2.05) is 45.0 Å². The maximum absolute atomic E-state index is 11.9. The van der Waals surface area contributed by atoms with Crippen LogP contribution in [0.15, 0.2) is 30.3 Å². The van der Waals surface area contributed by atoms with Gasteiger partial charge < -0.3 is 10.3 Å². The molecule has 3 heteroatoms. The number of nitrogens with one attached hydrogen (secondary N) is 2. The molecule has 0 spiro atoms. The van der Waals surface area contributed by atoms with Crippen molar-refractivity contribution in [2.75, 3.05) is 0 Å². The highest BCUT2D eigenvalue weighted by molar-refractivity contribution is 5.78. The number of aryl methyl sites for hydroxylation is 3. The molecule has 1 heterocycles. The Hall–Kier alpha value is -2.03. The zero-order valence-corrected chi connectivity index (χ0v) is 11.7. The van der Waals surface area contributed by atoms with Gasteiger partial charge >= 0.3 is 0 Å². The van der Waals surface area contributed by atoms with Crippen LogP contribution in [0.3, 0.4) is 0 Å². The third-order valence-electron chi connectivity index (χ3n) is 3.22. The molecule has 0 fully saturated rings. The molecule has 0 aliphatic rings. The van der Waals surface area contributed by atoms with E-state index in [0.29, 0.717) is 13.0 Å². The highest BCUT2D eigenvalue weighted by Crippen LogP contribution is 2.09. The Morgan fingerprint density at radius 3 is 2.42 bits per heavy atom. The molecule has 100 valence electrons. The van der Waals surface area contributed by atoms with Crippen LogP contribution in [0.4, 0.5) is 0 Å². The van der Waals surface area contributed by atoms with E-state index >= 15 is 0 Å². The predicted molar refractivity (Wildman–Crippen MR) is 77.0 cm³/mol. The number of carbonyl (C=O) groups excluding carboxylic acids is 1. The summed E-state index contributed by atoms with van der Waals surface area (Å²) >= 11 is 0. The van der Waals surface area contributed by atoms with Crippen LogP contribution in [0.2, 0.25) is 0 Å². The first-order valence-corrected chi connectivity index (χ1v) is 6.52. The third kappa shape index (κ3) is 3.71. The lowest BCUT2D eigenvalue weighted by Crippen LogP contribution is -2.24. The summed E-state index contributed by atoms with van der Waals surface area (Å²) < 4.78 is 0. The molecule has 2 rings (SSSR count). The fourth-order valence-corrected chi connectivity index (χ4v) is 2.11. The molecule has 19 heavy (non-hydrogen) atoms. The molecule has 0 bridgehead atoms. The van der Waals surface area contributed by atoms with Crippen molar-refractivity contribution in [3.8, 4) is 0 Å². The quantitative estimate of drug-likeness (QED) is 0.868. The SMILES string of the molecule is Cc1ccc(CC(=O)NCc2cc(C)[nH]c2C)cc1. The van der Waals surface area contributed by atoms with E-state index in [2.05, 4.69) is 16.4 Å². The minimum absolute atomic E-state index is 0.0575. The van der Waals surface area contributed by atoms with Crippen LogP contribution >= 0.6 is 0 Å². The Morgan fingerprint density at radius 2 is 1.84 bits per heavy atom. The average molecular weight is 256 g/mol. The van der Waals surface area contributed by atoms with Crippen LogP contribution < -0.4 is 5.32 Å². The molecule has 1 aromatic heterocycles. The average Bonchev–Trinajstić information content (AvgIpc) is 2.68. The molecule has 1 amide bonds. The Bertz CT molecular complexity index is 567. The molecular weight excluding hydrogens is 236 g/mol. The Kier molecular flexibility index (Phi) is 4.05. The number of aromatic amines is 1. The van der Waals surface area contributed by atoms with Gasteiger partial charge in [0.1, 0.15) is 0 Å². The maximum atomic E-state index is 11.9. The molecule has 0 radical (unpaired) electrons. The maximum Gasteiger partial charge on any atom is 0.224 e. The van der Waals surface area contributed by atoms with Gasteiger partial charge in [0.2, 0.25) is 5.91 Å². The van der Waals surface area contributed by atoms with Crippen molar-refractivity contribution in [2.45, 2.75) is 33.7 Å². The molecule has 0 unspecified atom stereocenters. The molecule has 0 saturated carbocycles. The van der Waals surface area contributed by atoms with Gasteiger partial charge in [-0.05, 0) is 38.0 Å². The van der Waals surface area contributed by atoms with E-state index in [1.54, 1.807) is 0 Å². The molecule has 1 aromatic carbocycles. The number of rotatable bonds is 4. The smallest absolute Gasteiger partial charge is 0.224 e. The number of amides is 1. The summed E-state index contributed by atoms with van der Waals surface area (Å²) in [6, 6.07) is 10.1. The van der Waals surface area contributed by atoms with Crippen LogP contribution in [-0.4, -0.2) is 10.9 Å².